The van der Waals surface area contributed by atoms with Crippen molar-refractivity contribution in [3.63, 3.8) is 0 Å². The van der Waals surface area contributed by atoms with Gasteiger partial charge in [-0.25, -0.2) is 8.42 Å². The Labute approximate surface area is 184 Å². The molecule has 8 nitrogen and oxygen atoms in total. The molecule has 170 valence electrons. The molecule has 0 aliphatic carbocycles. The third-order valence-electron chi connectivity index (χ3n) is 4.67. The maximum atomic E-state index is 12.8. The van der Waals surface area contributed by atoms with E-state index in [1.807, 2.05) is 19.9 Å². The molecular weight excluding hydrogens is 420 g/mol. The van der Waals surface area contributed by atoms with E-state index in [2.05, 4.69) is 5.32 Å². The van der Waals surface area contributed by atoms with E-state index >= 15 is 0 Å². The van der Waals surface area contributed by atoms with Crippen molar-refractivity contribution < 1.29 is 27.4 Å². The average Bonchev–Trinajstić information content (AvgIpc) is 2.75. The number of carbonyl (C=O) groups excluding carboxylic acids is 1. The Balaban J connectivity index is 2.26. The third-order valence-corrected chi connectivity index (χ3v) is 5.80. The summed E-state index contributed by atoms with van der Waals surface area (Å²) in [4.78, 5) is 12.8. The van der Waals surface area contributed by atoms with Crippen LogP contribution in [0.25, 0.3) is 0 Å². The van der Waals surface area contributed by atoms with E-state index in [1.165, 1.54) is 0 Å². The summed E-state index contributed by atoms with van der Waals surface area (Å²) in [5.41, 5.74) is 1.15. The minimum Gasteiger partial charge on any atom is -0.493 e. The zero-order valence-electron chi connectivity index (χ0n) is 18.5. The second-order valence-corrected chi connectivity index (χ2v) is 8.72. The highest BCUT2D eigenvalue weighted by Gasteiger charge is 2.25. The zero-order valence-corrected chi connectivity index (χ0v) is 19.4. The lowest BCUT2D eigenvalue weighted by Gasteiger charge is -2.25. The maximum absolute atomic E-state index is 12.8. The predicted octanol–water partition coefficient (Wildman–Crippen LogP) is 3.14. The largest absolute Gasteiger partial charge is 0.493 e. The van der Waals surface area contributed by atoms with Crippen molar-refractivity contribution in [3.05, 3.63) is 48.0 Å². The second-order valence-electron chi connectivity index (χ2n) is 6.81. The summed E-state index contributed by atoms with van der Waals surface area (Å²) in [6, 6.07) is 11.8. The van der Waals surface area contributed by atoms with Gasteiger partial charge in [-0.2, -0.15) is 0 Å². The van der Waals surface area contributed by atoms with Gasteiger partial charge < -0.3 is 19.5 Å². The molecule has 0 bridgehead atoms. The van der Waals surface area contributed by atoms with Gasteiger partial charge >= 0.3 is 0 Å². The molecule has 0 aromatic heterocycles. The summed E-state index contributed by atoms with van der Waals surface area (Å²) in [7, 11) is -0.630. The Kier molecular flexibility index (Phi) is 8.56. The van der Waals surface area contributed by atoms with Crippen molar-refractivity contribution in [1.82, 2.24) is 5.32 Å². The van der Waals surface area contributed by atoms with Crippen LogP contribution < -0.4 is 23.8 Å². The van der Waals surface area contributed by atoms with Crippen LogP contribution in [0.1, 0.15) is 31.9 Å². The van der Waals surface area contributed by atoms with Crippen LogP contribution >= 0.6 is 0 Å². The number of nitrogens with zero attached hydrogens (tertiary/aromatic N) is 1. The van der Waals surface area contributed by atoms with E-state index < -0.39 is 15.9 Å². The molecule has 2 rings (SSSR count). The first-order valence-electron chi connectivity index (χ1n) is 9.95. The van der Waals surface area contributed by atoms with Gasteiger partial charge in [0.2, 0.25) is 15.9 Å². The first kappa shape index (κ1) is 24.3. The van der Waals surface area contributed by atoms with Crippen molar-refractivity contribution in [3.8, 4) is 17.2 Å². The van der Waals surface area contributed by atoms with Crippen molar-refractivity contribution in [1.29, 1.82) is 0 Å². The molecule has 0 aliphatic heterocycles. The smallest absolute Gasteiger partial charge is 0.241 e. The number of rotatable bonds is 11. The van der Waals surface area contributed by atoms with Gasteiger partial charge in [0.15, 0.2) is 11.5 Å². The fourth-order valence-corrected chi connectivity index (χ4v) is 4.04. The van der Waals surface area contributed by atoms with Crippen LogP contribution in [0.3, 0.4) is 0 Å². The number of hydrogen-bond acceptors (Lipinski definition) is 6. The summed E-state index contributed by atoms with van der Waals surface area (Å²) in [6.45, 7) is 3.74. The van der Waals surface area contributed by atoms with Crippen LogP contribution in [-0.2, 0) is 14.8 Å². The van der Waals surface area contributed by atoms with Crippen LogP contribution in [0.15, 0.2) is 42.5 Å². The molecule has 0 fully saturated rings. The van der Waals surface area contributed by atoms with E-state index in [1.54, 1.807) is 50.6 Å². The van der Waals surface area contributed by atoms with Gasteiger partial charge in [-0.3, -0.25) is 9.10 Å². The summed E-state index contributed by atoms with van der Waals surface area (Å²) in [5.74, 6) is 1.10. The van der Waals surface area contributed by atoms with Gasteiger partial charge in [0.1, 0.15) is 12.3 Å². The number of sulfonamides is 1. The van der Waals surface area contributed by atoms with Crippen LogP contribution in [0.4, 0.5) is 5.69 Å². The molecular formula is C22H30N2O6S. The standard InChI is InChI=1S/C22H30N2O6S/c1-6-17(16-12-13-20(28-3)21(14-16)29-4)23-22(25)15-24(31(5,26)27)18-10-8-9-11-19(18)30-7-2/h8-14,17H,6-7,15H2,1-5H3,(H,23,25). The van der Waals surface area contributed by atoms with Gasteiger partial charge in [-0.15, -0.1) is 0 Å². The summed E-state index contributed by atoms with van der Waals surface area (Å²) in [5, 5.41) is 2.91. The molecule has 9 heteroatoms. The fraction of sp³-hybridized carbons (Fsp3) is 0.409. The average molecular weight is 451 g/mol. The highest BCUT2D eigenvalue weighted by atomic mass is 32.2. The lowest BCUT2D eigenvalue weighted by molar-refractivity contribution is -0.120. The molecule has 1 N–H and O–H groups in total. The second kappa shape index (κ2) is 10.9. The van der Waals surface area contributed by atoms with Crippen molar-refractivity contribution >= 4 is 21.6 Å². The number of carbonyl (C=O) groups is 1. The highest BCUT2D eigenvalue weighted by Crippen LogP contribution is 2.32. The van der Waals surface area contributed by atoms with Crippen molar-refractivity contribution in [2.75, 3.05) is 37.9 Å². The number of amides is 1. The quantitative estimate of drug-likeness (QED) is 0.565. The van der Waals surface area contributed by atoms with Crippen molar-refractivity contribution in [2.24, 2.45) is 0 Å². The molecule has 0 saturated heterocycles. The lowest BCUT2D eigenvalue weighted by Crippen LogP contribution is -2.41. The molecule has 1 amide bonds. The number of anilines is 1. The molecule has 2 aromatic carbocycles. The molecule has 1 atom stereocenters. The van der Waals surface area contributed by atoms with E-state index in [4.69, 9.17) is 14.2 Å². The van der Waals surface area contributed by atoms with E-state index in [9.17, 15) is 13.2 Å². The monoisotopic (exact) mass is 450 g/mol. The topological polar surface area (TPSA) is 94.2 Å². The Hall–Kier alpha value is -2.94. The first-order chi connectivity index (χ1) is 14.7. The van der Waals surface area contributed by atoms with Crippen molar-refractivity contribution in [2.45, 2.75) is 26.3 Å². The predicted molar refractivity (Wildman–Crippen MR) is 121 cm³/mol. The number of ether oxygens (including phenoxy) is 3. The number of benzene rings is 2. The van der Waals surface area contributed by atoms with Gasteiger partial charge in [0.05, 0.1) is 38.8 Å². The van der Waals surface area contributed by atoms with E-state index in [0.29, 0.717) is 36.0 Å². The Morgan fingerprint density at radius 1 is 1.03 bits per heavy atom. The molecule has 0 heterocycles. The summed E-state index contributed by atoms with van der Waals surface area (Å²) in [6.07, 6.45) is 1.67. The van der Waals surface area contributed by atoms with E-state index in [0.717, 1.165) is 16.1 Å². The van der Waals surface area contributed by atoms with E-state index in [-0.39, 0.29) is 12.6 Å². The molecule has 2 aromatic rings. The number of methoxy groups -OCH3 is 2. The SMILES string of the molecule is CCOc1ccccc1N(CC(=O)NC(CC)c1ccc(OC)c(OC)c1)S(C)(=O)=O. The Morgan fingerprint density at radius 2 is 1.71 bits per heavy atom. The van der Waals surface area contributed by atoms with Crippen LogP contribution in [-0.4, -0.2) is 48.0 Å². The molecule has 0 spiro atoms. The van der Waals surface area contributed by atoms with Gasteiger partial charge in [-0.1, -0.05) is 25.1 Å². The Bertz CT molecular complexity index is 993. The third kappa shape index (κ3) is 6.27. The van der Waals surface area contributed by atoms with Gasteiger partial charge in [0, 0.05) is 0 Å². The number of para-hydroxylation sites is 2. The zero-order chi connectivity index (χ0) is 23.0. The first-order valence-corrected chi connectivity index (χ1v) is 11.8. The fourth-order valence-electron chi connectivity index (χ4n) is 3.18. The Morgan fingerprint density at radius 3 is 2.29 bits per heavy atom. The maximum Gasteiger partial charge on any atom is 0.241 e. The molecule has 1 unspecified atom stereocenters. The minimum absolute atomic E-state index is 0.321. The molecule has 0 aliphatic rings. The summed E-state index contributed by atoms with van der Waals surface area (Å²) < 4.78 is 42.1. The molecule has 0 saturated carbocycles. The van der Waals surface area contributed by atoms with Gasteiger partial charge in [0.25, 0.3) is 0 Å². The van der Waals surface area contributed by atoms with Crippen LogP contribution in [0.5, 0.6) is 17.2 Å². The lowest BCUT2D eigenvalue weighted by atomic mass is 10.0. The normalized spacial score (nSPS) is 12.0. The number of hydrogen-bond donors (Lipinski definition) is 1. The highest BCUT2D eigenvalue weighted by molar-refractivity contribution is 7.92. The molecule has 31 heavy (non-hydrogen) atoms. The van der Waals surface area contributed by atoms with Crippen LogP contribution in [0.2, 0.25) is 0 Å². The van der Waals surface area contributed by atoms with Gasteiger partial charge in [-0.05, 0) is 43.2 Å². The molecule has 0 radical (unpaired) electrons. The minimum atomic E-state index is -3.72. The number of nitrogens with one attached hydrogen (secondary N) is 1. The summed E-state index contributed by atoms with van der Waals surface area (Å²) >= 11 is 0. The van der Waals surface area contributed by atoms with Crippen LogP contribution in [0, 0.1) is 0 Å².